The molecule has 0 aliphatic rings. The second kappa shape index (κ2) is 5.19. The third kappa shape index (κ3) is 2.65. The number of benzene rings is 2. The minimum Gasteiger partial charge on any atom is -0.324 e. The molecule has 0 spiro atoms. The highest BCUT2D eigenvalue weighted by molar-refractivity contribution is 7.99. The summed E-state index contributed by atoms with van der Waals surface area (Å²) in [7, 11) is 0. The highest BCUT2D eigenvalue weighted by atomic mass is 32.2. The summed E-state index contributed by atoms with van der Waals surface area (Å²) in [6.45, 7) is 2.02. The third-order valence-corrected chi connectivity index (χ3v) is 3.48. The Kier molecular flexibility index (Phi) is 3.65. The Balaban J connectivity index is 2.28. The standard InChI is InChI=1S/C14H15NS/c1-11(15)13-9-5-6-10-14(13)16-12-7-3-2-4-8-12/h2-11H,15H2,1H3. The van der Waals surface area contributed by atoms with Gasteiger partial charge in [0.15, 0.2) is 0 Å². The van der Waals surface area contributed by atoms with Crippen molar-refractivity contribution in [3.05, 3.63) is 60.2 Å². The van der Waals surface area contributed by atoms with Crippen LogP contribution in [0, 0.1) is 0 Å². The monoisotopic (exact) mass is 229 g/mol. The Bertz CT molecular complexity index is 451. The Morgan fingerprint density at radius 3 is 2.25 bits per heavy atom. The van der Waals surface area contributed by atoms with Crippen LogP contribution < -0.4 is 5.73 Å². The van der Waals surface area contributed by atoms with Gasteiger partial charge in [0.2, 0.25) is 0 Å². The molecule has 0 amide bonds. The number of nitrogens with two attached hydrogens (primary N) is 1. The van der Waals surface area contributed by atoms with Crippen molar-refractivity contribution in [2.75, 3.05) is 0 Å². The lowest BCUT2D eigenvalue weighted by Crippen LogP contribution is -2.05. The molecule has 0 saturated heterocycles. The smallest absolute Gasteiger partial charge is 0.0277 e. The molecular weight excluding hydrogens is 214 g/mol. The Hall–Kier alpha value is -1.25. The van der Waals surface area contributed by atoms with Crippen molar-refractivity contribution in [3.8, 4) is 0 Å². The summed E-state index contributed by atoms with van der Waals surface area (Å²) in [6, 6.07) is 18.7. The maximum absolute atomic E-state index is 5.95. The van der Waals surface area contributed by atoms with Gasteiger partial charge in [-0.3, -0.25) is 0 Å². The van der Waals surface area contributed by atoms with E-state index in [0.717, 1.165) is 0 Å². The summed E-state index contributed by atoms with van der Waals surface area (Å²) in [5.41, 5.74) is 7.16. The van der Waals surface area contributed by atoms with Gasteiger partial charge in [-0.1, -0.05) is 48.2 Å². The molecule has 2 heteroatoms. The Labute approximate surface area is 101 Å². The quantitative estimate of drug-likeness (QED) is 0.865. The molecule has 16 heavy (non-hydrogen) atoms. The zero-order valence-corrected chi connectivity index (χ0v) is 10.1. The second-order valence-electron chi connectivity index (χ2n) is 3.74. The lowest BCUT2D eigenvalue weighted by molar-refractivity contribution is 0.797. The summed E-state index contributed by atoms with van der Waals surface area (Å²) in [6.07, 6.45) is 0. The second-order valence-corrected chi connectivity index (χ2v) is 4.86. The van der Waals surface area contributed by atoms with Crippen molar-refractivity contribution in [3.63, 3.8) is 0 Å². The van der Waals surface area contributed by atoms with Crippen LogP contribution in [0.1, 0.15) is 18.5 Å². The van der Waals surface area contributed by atoms with Gasteiger partial charge >= 0.3 is 0 Å². The van der Waals surface area contributed by atoms with Crippen LogP contribution in [0.3, 0.4) is 0 Å². The molecule has 82 valence electrons. The first-order valence-corrected chi connectivity index (χ1v) is 6.16. The van der Waals surface area contributed by atoms with E-state index >= 15 is 0 Å². The highest BCUT2D eigenvalue weighted by Crippen LogP contribution is 2.32. The summed E-state index contributed by atoms with van der Waals surface area (Å²) in [4.78, 5) is 2.49. The van der Waals surface area contributed by atoms with E-state index in [1.165, 1.54) is 15.4 Å². The molecular formula is C14H15NS. The number of hydrogen-bond donors (Lipinski definition) is 1. The van der Waals surface area contributed by atoms with Crippen molar-refractivity contribution in [1.29, 1.82) is 0 Å². The number of hydrogen-bond acceptors (Lipinski definition) is 2. The van der Waals surface area contributed by atoms with Crippen molar-refractivity contribution in [1.82, 2.24) is 0 Å². The maximum Gasteiger partial charge on any atom is 0.0277 e. The zero-order valence-electron chi connectivity index (χ0n) is 9.26. The minimum atomic E-state index is 0.0763. The first kappa shape index (κ1) is 11.2. The minimum absolute atomic E-state index is 0.0763. The van der Waals surface area contributed by atoms with E-state index in [-0.39, 0.29) is 6.04 Å². The van der Waals surface area contributed by atoms with Gasteiger partial charge in [-0.15, -0.1) is 0 Å². The van der Waals surface area contributed by atoms with Crippen molar-refractivity contribution >= 4 is 11.8 Å². The first-order chi connectivity index (χ1) is 7.77. The van der Waals surface area contributed by atoms with Gasteiger partial charge in [-0.05, 0) is 30.7 Å². The van der Waals surface area contributed by atoms with E-state index in [4.69, 9.17) is 5.73 Å². The molecule has 0 aliphatic carbocycles. The van der Waals surface area contributed by atoms with Crippen LogP contribution in [0.15, 0.2) is 64.4 Å². The normalized spacial score (nSPS) is 12.4. The fourth-order valence-electron chi connectivity index (χ4n) is 1.57. The molecule has 0 bridgehead atoms. The topological polar surface area (TPSA) is 26.0 Å². The van der Waals surface area contributed by atoms with E-state index in [1.54, 1.807) is 11.8 Å². The van der Waals surface area contributed by atoms with Gasteiger partial charge in [0.05, 0.1) is 0 Å². The molecule has 1 atom stereocenters. The molecule has 1 unspecified atom stereocenters. The van der Waals surface area contributed by atoms with Crippen molar-refractivity contribution in [2.24, 2.45) is 5.73 Å². The van der Waals surface area contributed by atoms with E-state index < -0.39 is 0 Å². The van der Waals surface area contributed by atoms with E-state index in [2.05, 4.69) is 42.5 Å². The molecule has 2 aromatic carbocycles. The van der Waals surface area contributed by atoms with Crippen molar-refractivity contribution in [2.45, 2.75) is 22.8 Å². The molecule has 2 aromatic rings. The predicted molar refractivity (Wildman–Crippen MR) is 69.6 cm³/mol. The number of rotatable bonds is 3. The molecule has 0 aromatic heterocycles. The van der Waals surface area contributed by atoms with Crippen LogP contribution in [0.2, 0.25) is 0 Å². The summed E-state index contributed by atoms with van der Waals surface area (Å²) in [5.74, 6) is 0. The zero-order chi connectivity index (χ0) is 11.4. The largest absolute Gasteiger partial charge is 0.324 e. The van der Waals surface area contributed by atoms with Crippen LogP contribution >= 0.6 is 11.8 Å². The van der Waals surface area contributed by atoms with Gasteiger partial charge in [0, 0.05) is 15.8 Å². The molecule has 2 N–H and O–H groups in total. The predicted octanol–water partition coefficient (Wildman–Crippen LogP) is 3.86. The van der Waals surface area contributed by atoms with Crippen LogP contribution in [-0.4, -0.2) is 0 Å². The van der Waals surface area contributed by atoms with Crippen LogP contribution in [-0.2, 0) is 0 Å². The molecule has 0 heterocycles. The fourth-order valence-corrected chi connectivity index (χ4v) is 2.63. The summed E-state index contributed by atoms with van der Waals surface area (Å²) in [5, 5.41) is 0. The third-order valence-electron chi connectivity index (χ3n) is 2.38. The lowest BCUT2D eigenvalue weighted by atomic mass is 10.1. The summed E-state index contributed by atoms with van der Waals surface area (Å²) >= 11 is 1.76. The average Bonchev–Trinajstić information content (AvgIpc) is 2.31. The Morgan fingerprint density at radius 2 is 1.56 bits per heavy atom. The van der Waals surface area contributed by atoms with Gasteiger partial charge in [-0.25, -0.2) is 0 Å². The van der Waals surface area contributed by atoms with Crippen LogP contribution in [0.25, 0.3) is 0 Å². The van der Waals surface area contributed by atoms with E-state index in [9.17, 15) is 0 Å². The molecule has 0 radical (unpaired) electrons. The fraction of sp³-hybridized carbons (Fsp3) is 0.143. The first-order valence-electron chi connectivity index (χ1n) is 5.35. The van der Waals surface area contributed by atoms with Gasteiger partial charge in [-0.2, -0.15) is 0 Å². The van der Waals surface area contributed by atoms with Gasteiger partial charge in [0.25, 0.3) is 0 Å². The molecule has 2 rings (SSSR count). The molecule has 0 aliphatic heterocycles. The maximum atomic E-state index is 5.95. The van der Waals surface area contributed by atoms with Crippen molar-refractivity contribution < 1.29 is 0 Å². The summed E-state index contributed by atoms with van der Waals surface area (Å²) < 4.78 is 0. The van der Waals surface area contributed by atoms with E-state index in [1.807, 2.05) is 19.1 Å². The van der Waals surface area contributed by atoms with E-state index in [0.29, 0.717) is 0 Å². The molecule has 0 fully saturated rings. The lowest BCUT2D eigenvalue weighted by Gasteiger charge is -2.11. The average molecular weight is 229 g/mol. The van der Waals surface area contributed by atoms with Gasteiger partial charge in [0.1, 0.15) is 0 Å². The SMILES string of the molecule is CC(N)c1ccccc1Sc1ccccc1. The van der Waals surface area contributed by atoms with Gasteiger partial charge < -0.3 is 5.73 Å². The molecule has 0 saturated carbocycles. The highest BCUT2D eigenvalue weighted by Gasteiger charge is 2.06. The Morgan fingerprint density at radius 1 is 0.938 bits per heavy atom. The van der Waals surface area contributed by atoms with Crippen LogP contribution in [0.5, 0.6) is 0 Å². The van der Waals surface area contributed by atoms with Crippen LogP contribution in [0.4, 0.5) is 0 Å². The molecule has 1 nitrogen and oxygen atoms in total.